The summed E-state index contributed by atoms with van der Waals surface area (Å²) in [5.74, 6) is 1.56. The number of ether oxygens (including phenoxy) is 1. The van der Waals surface area contributed by atoms with Crippen molar-refractivity contribution in [2.24, 2.45) is 5.73 Å². The van der Waals surface area contributed by atoms with Gasteiger partial charge in [-0.25, -0.2) is 0 Å². The van der Waals surface area contributed by atoms with Crippen LogP contribution in [0.1, 0.15) is 35.4 Å². The van der Waals surface area contributed by atoms with Crippen LogP contribution in [0.5, 0.6) is 5.75 Å². The van der Waals surface area contributed by atoms with E-state index in [1.54, 1.807) is 7.11 Å². The van der Waals surface area contributed by atoms with E-state index in [1.165, 1.54) is 36.0 Å². The number of fused-ring (bicyclic) bond motifs is 1. The third-order valence-electron chi connectivity index (χ3n) is 3.51. The Balaban J connectivity index is 2.47. The molecular formula is C13H19NO. The van der Waals surface area contributed by atoms with Crippen molar-refractivity contribution >= 4 is 0 Å². The highest BCUT2D eigenvalue weighted by Crippen LogP contribution is 2.36. The Morgan fingerprint density at radius 2 is 2.27 bits per heavy atom. The first-order chi connectivity index (χ1) is 7.27. The van der Waals surface area contributed by atoms with E-state index in [1.807, 2.05) is 0 Å². The minimum atomic E-state index is 0.554. The lowest BCUT2D eigenvalue weighted by molar-refractivity contribution is 0.409. The largest absolute Gasteiger partial charge is 0.496 e. The van der Waals surface area contributed by atoms with Crippen molar-refractivity contribution < 1.29 is 4.74 Å². The third kappa shape index (κ3) is 1.74. The van der Waals surface area contributed by atoms with Gasteiger partial charge in [-0.2, -0.15) is 0 Å². The van der Waals surface area contributed by atoms with Gasteiger partial charge in [-0.15, -0.1) is 0 Å². The van der Waals surface area contributed by atoms with Crippen molar-refractivity contribution in [1.29, 1.82) is 0 Å². The van der Waals surface area contributed by atoms with E-state index in [0.29, 0.717) is 5.92 Å². The van der Waals surface area contributed by atoms with Crippen molar-refractivity contribution in [3.8, 4) is 5.75 Å². The summed E-state index contributed by atoms with van der Waals surface area (Å²) in [5.41, 5.74) is 10.0. The Bertz CT molecular complexity index is 360. The zero-order valence-electron chi connectivity index (χ0n) is 9.55. The maximum atomic E-state index is 5.81. The SMILES string of the molecule is COc1ccc2c(c1C)CCCC2CN. The van der Waals surface area contributed by atoms with Crippen LogP contribution in [0.25, 0.3) is 0 Å². The first-order valence-electron chi connectivity index (χ1n) is 5.64. The second-order valence-electron chi connectivity index (χ2n) is 4.29. The molecule has 0 radical (unpaired) electrons. The van der Waals surface area contributed by atoms with Gasteiger partial charge in [-0.05, 0) is 61.4 Å². The van der Waals surface area contributed by atoms with Crippen LogP contribution < -0.4 is 10.5 Å². The first kappa shape index (κ1) is 10.5. The predicted octanol–water partition coefficient (Wildman–Crippen LogP) is 2.38. The van der Waals surface area contributed by atoms with Crippen LogP contribution in [0.15, 0.2) is 12.1 Å². The van der Waals surface area contributed by atoms with Crippen LogP contribution in [0.3, 0.4) is 0 Å². The van der Waals surface area contributed by atoms with E-state index >= 15 is 0 Å². The van der Waals surface area contributed by atoms with Gasteiger partial charge in [-0.1, -0.05) is 6.07 Å². The lowest BCUT2D eigenvalue weighted by Crippen LogP contribution is -2.19. The molecule has 1 unspecified atom stereocenters. The quantitative estimate of drug-likeness (QED) is 0.804. The van der Waals surface area contributed by atoms with Gasteiger partial charge < -0.3 is 10.5 Å². The van der Waals surface area contributed by atoms with Gasteiger partial charge in [0.25, 0.3) is 0 Å². The van der Waals surface area contributed by atoms with E-state index in [4.69, 9.17) is 10.5 Å². The van der Waals surface area contributed by atoms with Gasteiger partial charge in [-0.3, -0.25) is 0 Å². The van der Waals surface area contributed by atoms with Crippen LogP contribution in [-0.2, 0) is 6.42 Å². The van der Waals surface area contributed by atoms with E-state index in [2.05, 4.69) is 19.1 Å². The number of benzene rings is 1. The summed E-state index contributed by atoms with van der Waals surface area (Å²) in [6, 6.07) is 4.26. The number of nitrogens with two attached hydrogens (primary N) is 1. The minimum absolute atomic E-state index is 0.554. The molecule has 0 spiro atoms. The Morgan fingerprint density at radius 1 is 1.47 bits per heavy atom. The maximum Gasteiger partial charge on any atom is 0.122 e. The Kier molecular flexibility index (Phi) is 2.96. The molecule has 1 aromatic carbocycles. The molecule has 1 aliphatic rings. The number of hydrogen-bond donors (Lipinski definition) is 1. The summed E-state index contributed by atoms with van der Waals surface area (Å²) in [5, 5.41) is 0. The molecule has 15 heavy (non-hydrogen) atoms. The predicted molar refractivity (Wildman–Crippen MR) is 62.5 cm³/mol. The molecule has 82 valence electrons. The Hall–Kier alpha value is -1.02. The molecule has 0 amide bonds. The third-order valence-corrected chi connectivity index (χ3v) is 3.51. The number of rotatable bonds is 2. The van der Waals surface area contributed by atoms with Crippen molar-refractivity contribution in [3.63, 3.8) is 0 Å². The molecule has 0 heterocycles. The van der Waals surface area contributed by atoms with Crippen LogP contribution in [-0.4, -0.2) is 13.7 Å². The Morgan fingerprint density at radius 3 is 2.93 bits per heavy atom. The van der Waals surface area contributed by atoms with Crippen LogP contribution in [0.2, 0.25) is 0 Å². The zero-order chi connectivity index (χ0) is 10.8. The van der Waals surface area contributed by atoms with Crippen molar-refractivity contribution in [3.05, 3.63) is 28.8 Å². The van der Waals surface area contributed by atoms with Crippen molar-refractivity contribution in [2.45, 2.75) is 32.1 Å². The van der Waals surface area contributed by atoms with E-state index in [-0.39, 0.29) is 0 Å². The molecule has 0 aliphatic heterocycles. The summed E-state index contributed by atoms with van der Waals surface area (Å²) in [6.07, 6.45) is 3.66. The monoisotopic (exact) mass is 205 g/mol. The molecule has 1 aliphatic carbocycles. The second-order valence-corrected chi connectivity index (χ2v) is 4.29. The number of methoxy groups -OCH3 is 1. The van der Waals surface area contributed by atoms with Gasteiger partial charge in [0.05, 0.1) is 7.11 Å². The van der Waals surface area contributed by atoms with Crippen LogP contribution in [0, 0.1) is 6.92 Å². The molecule has 2 N–H and O–H groups in total. The smallest absolute Gasteiger partial charge is 0.122 e. The maximum absolute atomic E-state index is 5.81. The second kappa shape index (κ2) is 4.23. The molecule has 1 atom stereocenters. The van der Waals surface area contributed by atoms with Gasteiger partial charge in [0.2, 0.25) is 0 Å². The standard InChI is InChI=1S/C13H19NO/c1-9-11-5-3-4-10(8-14)12(11)6-7-13(9)15-2/h6-7,10H,3-5,8,14H2,1-2H3. The van der Waals surface area contributed by atoms with Crippen LogP contribution >= 0.6 is 0 Å². The van der Waals surface area contributed by atoms with Gasteiger partial charge in [0.1, 0.15) is 5.75 Å². The highest BCUT2D eigenvalue weighted by molar-refractivity contribution is 5.47. The van der Waals surface area contributed by atoms with Crippen molar-refractivity contribution in [1.82, 2.24) is 0 Å². The molecular weight excluding hydrogens is 186 g/mol. The molecule has 1 aromatic rings. The topological polar surface area (TPSA) is 35.2 Å². The molecule has 0 saturated carbocycles. The molecule has 2 heteroatoms. The van der Waals surface area contributed by atoms with Gasteiger partial charge in [0, 0.05) is 0 Å². The Labute approximate surface area is 91.4 Å². The summed E-state index contributed by atoms with van der Waals surface area (Å²) in [6.45, 7) is 2.91. The summed E-state index contributed by atoms with van der Waals surface area (Å²) in [4.78, 5) is 0. The molecule has 0 bridgehead atoms. The summed E-state index contributed by atoms with van der Waals surface area (Å²) < 4.78 is 5.35. The fourth-order valence-electron chi connectivity index (χ4n) is 2.62. The molecule has 2 nitrogen and oxygen atoms in total. The fourth-order valence-corrected chi connectivity index (χ4v) is 2.62. The highest BCUT2D eigenvalue weighted by atomic mass is 16.5. The summed E-state index contributed by atoms with van der Waals surface area (Å²) in [7, 11) is 1.73. The lowest BCUT2D eigenvalue weighted by Gasteiger charge is -2.26. The van der Waals surface area contributed by atoms with Gasteiger partial charge >= 0.3 is 0 Å². The van der Waals surface area contributed by atoms with Gasteiger partial charge in [0.15, 0.2) is 0 Å². The molecule has 2 rings (SSSR count). The van der Waals surface area contributed by atoms with Crippen molar-refractivity contribution in [2.75, 3.05) is 13.7 Å². The van der Waals surface area contributed by atoms with Crippen LogP contribution in [0.4, 0.5) is 0 Å². The lowest BCUT2D eigenvalue weighted by atomic mass is 9.81. The average molecular weight is 205 g/mol. The van der Waals surface area contributed by atoms with E-state index < -0.39 is 0 Å². The molecule has 0 saturated heterocycles. The van der Waals surface area contributed by atoms with E-state index in [0.717, 1.165) is 12.3 Å². The first-order valence-corrected chi connectivity index (χ1v) is 5.64. The molecule has 0 fully saturated rings. The average Bonchev–Trinajstić information content (AvgIpc) is 2.29. The minimum Gasteiger partial charge on any atom is -0.496 e. The number of hydrogen-bond acceptors (Lipinski definition) is 2. The summed E-state index contributed by atoms with van der Waals surface area (Å²) >= 11 is 0. The normalized spacial score (nSPS) is 19.8. The fraction of sp³-hybridized carbons (Fsp3) is 0.538. The van der Waals surface area contributed by atoms with E-state index in [9.17, 15) is 0 Å². The molecule has 0 aromatic heterocycles. The zero-order valence-corrected chi connectivity index (χ0v) is 9.55. The highest BCUT2D eigenvalue weighted by Gasteiger charge is 2.21.